The van der Waals surface area contributed by atoms with E-state index in [0.717, 1.165) is 12.8 Å². The third-order valence-corrected chi connectivity index (χ3v) is 6.48. The normalized spacial score (nSPS) is 23.7. The van der Waals surface area contributed by atoms with Crippen molar-refractivity contribution < 1.29 is 14.7 Å². The van der Waals surface area contributed by atoms with E-state index < -0.39 is 6.10 Å². The molecule has 8 heteroatoms. The maximum atomic E-state index is 12.8. The zero-order valence-electron chi connectivity index (χ0n) is 18.4. The zero-order valence-corrected chi connectivity index (χ0v) is 18.4. The molecule has 0 saturated heterocycles. The molecule has 1 heterocycles. The molecule has 0 bridgehead atoms. The van der Waals surface area contributed by atoms with Crippen molar-refractivity contribution in [3.05, 3.63) is 48.5 Å². The van der Waals surface area contributed by atoms with Crippen LogP contribution in [0.15, 0.2) is 43.0 Å². The minimum absolute atomic E-state index is 0.0261. The second-order valence-corrected chi connectivity index (χ2v) is 8.53. The van der Waals surface area contributed by atoms with Gasteiger partial charge in [-0.05, 0) is 37.7 Å². The lowest BCUT2D eigenvalue weighted by Crippen LogP contribution is -2.44. The number of benzene rings is 1. The quantitative estimate of drug-likeness (QED) is 0.627. The topological polar surface area (TPSA) is 100 Å². The highest BCUT2D eigenvalue weighted by Crippen LogP contribution is 2.39. The number of nitrogens with one attached hydrogen (secondary N) is 1. The molecule has 0 aliphatic heterocycles. The number of rotatable bonds is 8. The summed E-state index contributed by atoms with van der Waals surface area (Å²) in [7, 11) is 1.79. The lowest BCUT2D eigenvalue weighted by atomic mass is 9.74. The van der Waals surface area contributed by atoms with Gasteiger partial charge >= 0.3 is 0 Å². The molecule has 1 aromatic heterocycles. The standard InChI is InChI=1S/C23H33N5O3/c1-18(29)25-15-23(19-7-4-3-5-8-19)12-10-20(21(30)11-13-23)27(2)22(31)9-6-14-28-17-24-16-26-28/h3-5,7-8,16-17,20-21,30H,6,9-15H2,1-2H3,(H,25,29)/t20-,21-,23-/m1/s1. The van der Waals surface area contributed by atoms with E-state index in [9.17, 15) is 14.7 Å². The average Bonchev–Trinajstić information content (AvgIpc) is 3.22. The highest BCUT2D eigenvalue weighted by Gasteiger charge is 2.39. The van der Waals surface area contributed by atoms with Crippen molar-refractivity contribution in [3.63, 3.8) is 0 Å². The average molecular weight is 428 g/mol. The number of aliphatic hydroxyl groups is 1. The van der Waals surface area contributed by atoms with E-state index in [1.165, 1.54) is 18.8 Å². The Hall–Kier alpha value is -2.74. The van der Waals surface area contributed by atoms with Crippen LogP contribution in [0.5, 0.6) is 0 Å². The number of amides is 2. The number of likely N-dealkylation sites (N-methyl/N-ethyl adjacent to an activating group) is 1. The number of aromatic nitrogens is 3. The molecule has 0 unspecified atom stereocenters. The fourth-order valence-corrected chi connectivity index (χ4v) is 4.56. The van der Waals surface area contributed by atoms with E-state index in [-0.39, 0.29) is 23.3 Å². The van der Waals surface area contributed by atoms with Crippen LogP contribution in [-0.2, 0) is 21.5 Å². The van der Waals surface area contributed by atoms with E-state index in [1.54, 1.807) is 23.0 Å². The van der Waals surface area contributed by atoms with Crippen molar-refractivity contribution in [1.82, 2.24) is 25.0 Å². The Kier molecular flexibility index (Phi) is 7.79. The van der Waals surface area contributed by atoms with Gasteiger partial charge in [0.25, 0.3) is 0 Å². The molecule has 3 atom stereocenters. The number of carbonyl (C=O) groups is 2. The zero-order chi connectivity index (χ0) is 22.3. The van der Waals surface area contributed by atoms with E-state index in [0.29, 0.717) is 38.8 Å². The van der Waals surface area contributed by atoms with Gasteiger partial charge in [0.1, 0.15) is 12.7 Å². The van der Waals surface area contributed by atoms with Gasteiger partial charge in [0.15, 0.2) is 0 Å². The minimum atomic E-state index is -0.591. The summed E-state index contributed by atoms with van der Waals surface area (Å²) in [5.74, 6) is -0.0328. The van der Waals surface area contributed by atoms with Gasteiger partial charge in [-0.25, -0.2) is 4.98 Å². The molecular weight excluding hydrogens is 394 g/mol. The van der Waals surface area contributed by atoms with Crippen LogP contribution in [0, 0.1) is 0 Å². The van der Waals surface area contributed by atoms with Crippen molar-refractivity contribution in [2.75, 3.05) is 13.6 Å². The first-order chi connectivity index (χ1) is 14.9. The van der Waals surface area contributed by atoms with Crippen LogP contribution >= 0.6 is 0 Å². The highest BCUT2D eigenvalue weighted by molar-refractivity contribution is 5.76. The monoisotopic (exact) mass is 427 g/mol. The first-order valence-corrected chi connectivity index (χ1v) is 11.0. The van der Waals surface area contributed by atoms with Crippen molar-refractivity contribution in [2.24, 2.45) is 0 Å². The first-order valence-electron chi connectivity index (χ1n) is 11.0. The lowest BCUT2D eigenvalue weighted by molar-refractivity contribution is -0.134. The molecule has 3 rings (SSSR count). The summed E-state index contributed by atoms with van der Waals surface area (Å²) in [4.78, 5) is 30.0. The third kappa shape index (κ3) is 5.91. The fourth-order valence-electron chi connectivity index (χ4n) is 4.56. The third-order valence-electron chi connectivity index (χ3n) is 6.48. The summed E-state index contributed by atoms with van der Waals surface area (Å²) in [6.45, 7) is 2.70. The fraction of sp³-hybridized carbons (Fsp3) is 0.565. The van der Waals surface area contributed by atoms with Crippen LogP contribution in [-0.4, -0.2) is 62.3 Å². The van der Waals surface area contributed by atoms with E-state index in [4.69, 9.17) is 0 Å². The molecule has 1 aliphatic carbocycles. The van der Waals surface area contributed by atoms with Crippen molar-refractivity contribution in [2.45, 2.75) is 69.6 Å². The molecule has 0 spiro atoms. The van der Waals surface area contributed by atoms with Crippen LogP contribution in [0.2, 0.25) is 0 Å². The summed E-state index contributed by atoms with van der Waals surface area (Å²) >= 11 is 0. The molecule has 2 N–H and O–H groups in total. The van der Waals surface area contributed by atoms with Gasteiger partial charge in [0.2, 0.25) is 11.8 Å². The molecule has 1 fully saturated rings. The number of carbonyl (C=O) groups excluding carboxylic acids is 2. The molecule has 168 valence electrons. The Balaban J connectivity index is 1.66. The van der Waals surface area contributed by atoms with Gasteiger partial charge < -0.3 is 15.3 Å². The molecule has 31 heavy (non-hydrogen) atoms. The molecule has 8 nitrogen and oxygen atoms in total. The smallest absolute Gasteiger partial charge is 0.222 e. The molecule has 1 aromatic carbocycles. The summed E-state index contributed by atoms with van der Waals surface area (Å²) in [6.07, 6.45) is 6.40. The first kappa shape index (κ1) is 22.9. The largest absolute Gasteiger partial charge is 0.391 e. The van der Waals surface area contributed by atoms with Crippen LogP contribution in [0.3, 0.4) is 0 Å². The number of aryl methyl sites for hydroxylation is 1. The van der Waals surface area contributed by atoms with Crippen LogP contribution in [0.4, 0.5) is 0 Å². The van der Waals surface area contributed by atoms with Crippen molar-refractivity contribution in [3.8, 4) is 0 Å². The van der Waals surface area contributed by atoms with E-state index in [2.05, 4.69) is 27.5 Å². The summed E-state index contributed by atoms with van der Waals surface area (Å²) < 4.78 is 1.71. The Bertz CT molecular complexity index is 842. The van der Waals surface area contributed by atoms with Gasteiger partial charge in [-0.15, -0.1) is 0 Å². The Morgan fingerprint density at radius 1 is 1.26 bits per heavy atom. The van der Waals surface area contributed by atoms with E-state index >= 15 is 0 Å². The van der Waals surface area contributed by atoms with Crippen LogP contribution < -0.4 is 5.32 Å². The molecular formula is C23H33N5O3. The maximum Gasteiger partial charge on any atom is 0.222 e. The summed E-state index contributed by atoms with van der Waals surface area (Å²) in [5.41, 5.74) is 0.915. The van der Waals surface area contributed by atoms with Gasteiger partial charge in [-0.2, -0.15) is 5.10 Å². The number of hydrogen-bond donors (Lipinski definition) is 2. The van der Waals surface area contributed by atoms with Gasteiger partial charge in [-0.1, -0.05) is 30.3 Å². The molecule has 1 aliphatic rings. The van der Waals surface area contributed by atoms with Gasteiger partial charge in [0, 0.05) is 38.9 Å². The Morgan fingerprint density at radius 3 is 2.68 bits per heavy atom. The van der Waals surface area contributed by atoms with Crippen molar-refractivity contribution in [1.29, 1.82) is 0 Å². The number of aliphatic hydroxyl groups excluding tert-OH is 1. The molecule has 2 amide bonds. The predicted molar refractivity (Wildman–Crippen MR) is 117 cm³/mol. The van der Waals surface area contributed by atoms with Gasteiger partial charge in [-0.3, -0.25) is 14.3 Å². The highest BCUT2D eigenvalue weighted by atomic mass is 16.3. The van der Waals surface area contributed by atoms with E-state index in [1.807, 2.05) is 18.2 Å². The van der Waals surface area contributed by atoms with Crippen molar-refractivity contribution >= 4 is 11.8 Å². The molecule has 1 saturated carbocycles. The number of hydrogen-bond acceptors (Lipinski definition) is 5. The second kappa shape index (κ2) is 10.5. The van der Waals surface area contributed by atoms with Crippen LogP contribution in [0.25, 0.3) is 0 Å². The molecule has 0 radical (unpaired) electrons. The second-order valence-electron chi connectivity index (χ2n) is 8.53. The van der Waals surface area contributed by atoms with Gasteiger partial charge in [0.05, 0.1) is 12.1 Å². The summed E-state index contributed by atoms with van der Waals surface area (Å²) in [6, 6.07) is 9.95. The Labute approximate surface area is 183 Å². The molecule has 2 aromatic rings. The van der Waals surface area contributed by atoms with Crippen LogP contribution in [0.1, 0.15) is 51.0 Å². The maximum absolute atomic E-state index is 12.8. The SMILES string of the molecule is CC(=O)NC[C@]1(c2ccccc2)CC[C@@H](O)[C@H](N(C)C(=O)CCCn2cncn2)CC1. The minimum Gasteiger partial charge on any atom is -0.391 e. The summed E-state index contributed by atoms with van der Waals surface area (Å²) in [5, 5.41) is 17.9. The number of nitrogens with zero attached hydrogens (tertiary/aromatic N) is 4. The Morgan fingerprint density at radius 2 is 2.00 bits per heavy atom. The lowest BCUT2D eigenvalue weighted by Gasteiger charge is -2.34. The predicted octanol–water partition coefficient (Wildman–Crippen LogP) is 1.89.